The Kier molecular flexibility index (Phi) is 3.39. The SMILES string of the molecule is CNCc1ccc(Cn2ccc(=O)c3ccccc32)o1. The molecule has 0 saturated heterocycles. The maximum absolute atomic E-state index is 11.8. The lowest BCUT2D eigenvalue weighted by molar-refractivity contribution is 0.446. The quantitative estimate of drug-likeness (QED) is 0.790. The fourth-order valence-electron chi connectivity index (χ4n) is 2.34. The fraction of sp³-hybridized carbons (Fsp3) is 0.188. The lowest BCUT2D eigenvalue weighted by atomic mass is 10.2. The summed E-state index contributed by atoms with van der Waals surface area (Å²) in [7, 11) is 1.89. The third-order valence-corrected chi connectivity index (χ3v) is 3.28. The van der Waals surface area contributed by atoms with Gasteiger partial charge in [0.15, 0.2) is 5.43 Å². The van der Waals surface area contributed by atoms with Crippen molar-refractivity contribution < 1.29 is 4.42 Å². The number of pyridine rings is 1. The predicted molar refractivity (Wildman–Crippen MR) is 78.8 cm³/mol. The molecule has 0 fully saturated rings. The molecule has 4 nitrogen and oxygen atoms in total. The van der Waals surface area contributed by atoms with Crippen molar-refractivity contribution >= 4 is 10.9 Å². The van der Waals surface area contributed by atoms with E-state index >= 15 is 0 Å². The van der Waals surface area contributed by atoms with E-state index in [4.69, 9.17) is 4.42 Å². The first-order chi connectivity index (χ1) is 9.78. The molecule has 0 aliphatic rings. The van der Waals surface area contributed by atoms with E-state index in [1.807, 2.05) is 54.2 Å². The van der Waals surface area contributed by atoms with Gasteiger partial charge in [-0.25, -0.2) is 0 Å². The summed E-state index contributed by atoms with van der Waals surface area (Å²) in [5.74, 6) is 1.79. The van der Waals surface area contributed by atoms with Crippen LogP contribution in [0.2, 0.25) is 0 Å². The number of aromatic nitrogens is 1. The number of furan rings is 1. The van der Waals surface area contributed by atoms with Gasteiger partial charge in [0, 0.05) is 17.6 Å². The minimum atomic E-state index is 0.0483. The van der Waals surface area contributed by atoms with Gasteiger partial charge in [-0.1, -0.05) is 12.1 Å². The van der Waals surface area contributed by atoms with E-state index in [2.05, 4.69) is 5.32 Å². The van der Waals surface area contributed by atoms with Crippen LogP contribution < -0.4 is 10.7 Å². The van der Waals surface area contributed by atoms with Gasteiger partial charge < -0.3 is 14.3 Å². The topological polar surface area (TPSA) is 47.2 Å². The van der Waals surface area contributed by atoms with Gasteiger partial charge in [0.05, 0.1) is 18.6 Å². The zero-order valence-electron chi connectivity index (χ0n) is 11.3. The Labute approximate surface area is 116 Å². The number of para-hydroxylation sites is 1. The number of nitrogens with one attached hydrogen (secondary N) is 1. The van der Waals surface area contributed by atoms with E-state index in [-0.39, 0.29) is 5.43 Å². The first-order valence-electron chi connectivity index (χ1n) is 6.58. The zero-order valence-corrected chi connectivity index (χ0v) is 11.3. The van der Waals surface area contributed by atoms with Gasteiger partial charge >= 0.3 is 0 Å². The molecule has 0 spiro atoms. The first kappa shape index (κ1) is 12.7. The van der Waals surface area contributed by atoms with E-state index in [1.54, 1.807) is 6.07 Å². The van der Waals surface area contributed by atoms with Gasteiger partial charge in [0.25, 0.3) is 0 Å². The van der Waals surface area contributed by atoms with Crippen LogP contribution in [0.25, 0.3) is 10.9 Å². The predicted octanol–water partition coefficient (Wildman–Crippen LogP) is 2.36. The first-order valence-corrected chi connectivity index (χ1v) is 6.58. The summed E-state index contributed by atoms with van der Waals surface area (Å²) in [6.45, 7) is 1.33. The van der Waals surface area contributed by atoms with Crippen LogP contribution in [0.3, 0.4) is 0 Å². The Morgan fingerprint density at radius 3 is 2.75 bits per heavy atom. The van der Waals surface area contributed by atoms with Crippen molar-refractivity contribution in [3.63, 3.8) is 0 Å². The molecular weight excluding hydrogens is 252 g/mol. The van der Waals surface area contributed by atoms with Crippen LogP contribution in [0.15, 0.2) is 57.9 Å². The minimum absolute atomic E-state index is 0.0483. The molecule has 20 heavy (non-hydrogen) atoms. The van der Waals surface area contributed by atoms with Gasteiger partial charge in [0.2, 0.25) is 0 Å². The second-order valence-electron chi connectivity index (χ2n) is 4.72. The summed E-state index contributed by atoms with van der Waals surface area (Å²) in [5.41, 5.74) is 0.971. The molecule has 0 aliphatic heterocycles. The van der Waals surface area contributed by atoms with E-state index in [9.17, 15) is 4.79 Å². The van der Waals surface area contributed by atoms with Crippen LogP contribution in [0, 0.1) is 0 Å². The van der Waals surface area contributed by atoms with Gasteiger partial charge in [-0.15, -0.1) is 0 Å². The van der Waals surface area contributed by atoms with Crippen LogP contribution in [0.1, 0.15) is 11.5 Å². The molecular formula is C16H16N2O2. The largest absolute Gasteiger partial charge is 0.463 e. The van der Waals surface area contributed by atoms with Crippen LogP contribution in [-0.2, 0) is 13.1 Å². The van der Waals surface area contributed by atoms with Crippen molar-refractivity contribution in [2.24, 2.45) is 0 Å². The summed E-state index contributed by atoms with van der Waals surface area (Å²) < 4.78 is 7.77. The number of fused-ring (bicyclic) bond motifs is 1. The van der Waals surface area contributed by atoms with Crippen LogP contribution in [-0.4, -0.2) is 11.6 Å². The van der Waals surface area contributed by atoms with Crippen molar-refractivity contribution in [1.29, 1.82) is 0 Å². The van der Waals surface area contributed by atoms with Crippen molar-refractivity contribution in [2.75, 3.05) is 7.05 Å². The van der Waals surface area contributed by atoms with Crippen LogP contribution in [0.5, 0.6) is 0 Å². The lowest BCUT2D eigenvalue weighted by Gasteiger charge is -2.08. The molecule has 1 N–H and O–H groups in total. The summed E-state index contributed by atoms with van der Waals surface area (Å²) in [6.07, 6.45) is 1.81. The Hall–Kier alpha value is -2.33. The minimum Gasteiger partial charge on any atom is -0.463 e. The van der Waals surface area contributed by atoms with Gasteiger partial charge in [-0.05, 0) is 31.3 Å². The maximum atomic E-state index is 11.8. The molecule has 0 bridgehead atoms. The Balaban J connectivity index is 1.98. The zero-order chi connectivity index (χ0) is 13.9. The average Bonchev–Trinajstić information content (AvgIpc) is 2.90. The summed E-state index contributed by atoms with van der Waals surface area (Å²) in [4.78, 5) is 11.8. The molecule has 0 atom stereocenters. The summed E-state index contributed by atoms with van der Waals surface area (Å²) >= 11 is 0. The van der Waals surface area contributed by atoms with Crippen molar-refractivity contribution in [1.82, 2.24) is 9.88 Å². The molecule has 3 aromatic rings. The monoisotopic (exact) mass is 268 g/mol. The molecule has 0 amide bonds. The molecule has 2 aromatic heterocycles. The summed E-state index contributed by atoms with van der Waals surface area (Å²) in [6, 6.07) is 13.2. The Morgan fingerprint density at radius 1 is 1.10 bits per heavy atom. The molecule has 0 aliphatic carbocycles. The van der Waals surface area contributed by atoms with E-state index in [0.717, 1.165) is 22.4 Å². The van der Waals surface area contributed by atoms with Gasteiger partial charge in [0.1, 0.15) is 11.5 Å². The third kappa shape index (κ3) is 2.38. The second kappa shape index (κ2) is 5.35. The van der Waals surface area contributed by atoms with Crippen molar-refractivity contribution in [3.8, 4) is 0 Å². The second-order valence-corrected chi connectivity index (χ2v) is 4.72. The normalized spacial score (nSPS) is 11.1. The number of nitrogens with zero attached hydrogens (tertiary/aromatic N) is 1. The lowest BCUT2D eigenvalue weighted by Crippen LogP contribution is -2.08. The van der Waals surface area contributed by atoms with Gasteiger partial charge in [-0.3, -0.25) is 4.79 Å². The van der Waals surface area contributed by atoms with Crippen LogP contribution >= 0.6 is 0 Å². The molecule has 102 valence electrons. The number of hydrogen-bond acceptors (Lipinski definition) is 3. The molecule has 3 rings (SSSR count). The highest BCUT2D eigenvalue weighted by Gasteiger charge is 2.05. The molecule has 0 unspecified atom stereocenters. The Morgan fingerprint density at radius 2 is 1.90 bits per heavy atom. The highest BCUT2D eigenvalue weighted by Crippen LogP contribution is 2.14. The van der Waals surface area contributed by atoms with E-state index < -0.39 is 0 Å². The van der Waals surface area contributed by atoms with Crippen molar-refractivity contribution in [3.05, 3.63) is 70.4 Å². The van der Waals surface area contributed by atoms with Crippen LogP contribution in [0.4, 0.5) is 0 Å². The molecule has 0 saturated carbocycles. The molecule has 2 heterocycles. The molecule has 1 aromatic carbocycles. The van der Waals surface area contributed by atoms with E-state index in [0.29, 0.717) is 13.1 Å². The van der Waals surface area contributed by atoms with Crippen molar-refractivity contribution in [2.45, 2.75) is 13.1 Å². The maximum Gasteiger partial charge on any atom is 0.189 e. The number of rotatable bonds is 4. The Bertz CT molecular complexity index is 786. The number of hydrogen-bond donors (Lipinski definition) is 1. The standard InChI is InChI=1S/C16H16N2O2/c1-17-10-12-6-7-13(20-12)11-18-9-8-16(19)14-4-2-3-5-15(14)18/h2-9,17H,10-11H2,1H3. The smallest absolute Gasteiger partial charge is 0.189 e. The number of benzene rings is 1. The third-order valence-electron chi connectivity index (χ3n) is 3.28. The molecule has 0 radical (unpaired) electrons. The molecule has 4 heteroatoms. The van der Waals surface area contributed by atoms with Gasteiger partial charge in [-0.2, -0.15) is 0 Å². The highest BCUT2D eigenvalue weighted by atomic mass is 16.3. The average molecular weight is 268 g/mol. The fourth-order valence-corrected chi connectivity index (χ4v) is 2.34. The highest BCUT2D eigenvalue weighted by molar-refractivity contribution is 5.78. The summed E-state index contributed by atoms with van der Waals surface area (Å²) in [5, 5.41) is 3.79. The van der Waals surface area contributed by atoms with E-state index in [1.165, 1.54) is 0 Å².